The Hall–Kier alpha value is -2.45. The topological polar surface area (TPSA) is 12.9 Å². The number of pyridine rings is 1. The molecule has 0 aliphatic carbocycles. The van der Waals surface area contributed by atoms with Gasteiger partial charge < -0.3 is 0 Å². The lowest BCUT2D eigenvalue weighted by atomic mass is 9.83. The van der Waals surface area contributed by atoms with Crippen LogP contribution in [0.5, 0.6) is 0 Å². The highest BCUT2D eigenvalue weighted by Gasteiger charge is 2.18. The molecule has 5 rings (SSSR count). The van der Waals surface area contributed by atoms with Gasteiger partial charge in [-0.3, -0.25) is 4.98 Å². The Bertz CT molecular complexity index is 1280. The van der Waals surface area contributed by atoms with Gasteiger partial charge in [-0.05, 0) is 71.4 Å². The lowest BCUT2D eigenvalue weighted by Gasteiger charge is -2.22. The molecule has 0 fully saturated rings. The fourth-order valence-electron chi connectivity index (χ4n) is 4.01. The van der Waals surface area contributed by atoms with Gasteiger partial charge in [-0.1, -0.05) is 69.3 Å². The van der Waals surface area contributed by atoms with Gasteiger partial charge in [0.25, 0.3) is 0 Å². The summed E-state index contributed by atoms with van der Waals surface area (Å²) in [6.45, 7) is 6.83. The maximum absolute atomic E-state index is 4.63. The summed E-state index contributed by atoms with van der Waals surface area (Å²) >= 11 is 3.48. The van der Waals surface area contributed by atoms with Crippen molar-refractivity contribution in [2.24, 2.45) is 0 Å². The Morgan fingerprint density at radius 1 is 0.741 bits per heavy atom. The van der Waals surface area contributed by atoms with Crippen LogP contribution in [0.4, 0.5) is 0 Å². The molecule has 27 heavy (non-hydrogen) atoms. The normalized spacial score (nSPS) is 12.4. The molecule has 0 spiro atoms. The van der Waals surface area contributed by atoms with Gasteiger partial charge in [0.05, 0.1) is 5.69 Å². The average Bonchev–Trinajstić information content (AvgIpc) is 2.65. The number of rotatable bonds is 1. The van der Waals surface area contributed by atoms with Crippen LogP contribution in [0, 0.1) is 0 Å². The van der Waals surface area contributed by atoms with Gasteiger partial charge >= 0.3 is 0 Å². The van der Waals surface area contributed by atoms with Crippen LogP contribution in [0.1, 0.15) is 26.3 Å². The molecule has 0 amide bonds. The molecule has 0 radical (unpaired) electrons. The zero-order valence-electron chi connectivity index (χ0n) is 15.7. The van der Waals surface area contributed by atoms with Gasteiger partial charge in [-0.25, -0.2) is 0 Å². The van der Waals surface area contributed by atoms with Crippen molar-refractivity contribution in [1.29, 1.82) is 0 Å². The molecular formula is C25H20BrN. The van der Waals surface area contributed by atoms with E-state index in [2.05, 4.69) is 102 Å². The maximum Gasteiger partial charge on any atom is 0.0709 e. The first kappa shape index (κ1) is 16.7. The van der Waals surface area contributed by atoms with Crippen LogP contribution in [0.25, 0.3) is 43.6 Å². The molecule has 0 N–H and O–H groups in total. The van der Waals surface area contributed by atoms with Crippen LogP contribution >= 0.6 is 15.9 Å². The van der Waals surface area contributed by atoms with E-state index >= 15 is 0 Å². The van der Waals surface area contributed by atoms with Crippen LogP contribution in [-0.4, -0.2) is 4.98 Å². The van der Waals surface area contributed by atoms with Crippen LogP contribution in [0.3, 0.4) is 0 Å². The van der Waals surface area contributed by atoms with Crippen LogP contribution < -0.4 is 0 Å². The molecule has 0 saturated carbocycles. The van der Waals surface area contributed by atoms with Crippen molar-refractivity contribution >= 4 is 48.2 Å². The lowest BCUT2D eigenvalue weighted by Crippen LogP contribution is -2.10. The number of aromatic nitrogens is 1. The summed E-state index contributed by atoms with van der Waals surface area (Å²) in [7, 11) is 0. The van der Waals surface area contributed by atoms with Gasteiger partial charge in [0.2, 0.25) is 0 Å². The molecular weight excluding hydrogens is 394 g/mol. The molecule has 1 heterocycles. The summed E-state index contributed by atoms with van der Waals surface area (Å²) in [5.41, 5.74) is 3.70. The van der Waals surface area contributed by atoms with Gasteiger partial charge in [-0.2, -0.15) is 0 Å². The molecule has 0 saturated heterocycles. The van der Waals surface area contributed by atoms with Crippen LogP contribution in [0.2, 0.25) is 0 Å². The largest absolute Gasteiger partial charge is 0.255 e. The van der Waals surface area contributed by atoms with Crippen molar-refractivity contribution in [2.45, 2.75) is 26.2 Å². The first-order valence-electron chi connectivity index (χ1n) is 9.26. The predicted octanol–water partition coefficient (Wildman–Crippen LogP) is 7.71. The molecule has 132 valence electrons. The molecule has 0 aliphatic heterocycles. The van der Waals surface area contributed by atoms with Crippen LogP contribution in [-0.2, 0) is 5.41 Å². The Morgan fingerprint density at radius 3 is 2.07 bits per heavy atom. The fraction of sp³-hybridized carbons (Fsp3) is 0.160. The minimum absolute atomic E-state index is 0.136. The Morgan fingerprint density at radius 2 is 1.41 bits per heavy atom. The van der Waals surface area contributed by atoms with Crippen molar-refractivity contribution in [1.82, 2.24) is 4.98 Å². The van der Waals surface area contributed by atoms with Crippen LogP contribution in [0.15, 0.2) is 71.3 Å². The third kappa shape index (κ3) is 2.62. The van der Waals surface area contributed by atoms with E-state index < -0.39 is 0 Å². The molecule has 0 aliphatic rings. The second-order valence-electron chi connectivity index (χ2n) is 8.30. The van der Waals surface area contributed by atoms with Gasteiger partial charge in [0.1, 0.15) is 0 Å². The standard InChI is InChI=1S/C25H20BrN/c1-25(2,3)18-12-16-5-4-15-6-9-20(22-11-8-19(26)14-27-22)21-10-7-17(13-18)23(16)24(15)21/h4-14H,1-3H3. The summed E-state index contributed by atoms with van der Waals surface area (Å²) in [6, 6.07) is 22.3. The summed E-state index contributed by atoms with van der Waals surface area (Å²) in [4.78, 5) is 4.63. The van der Waals surface area contributed by atoms with E-state index in [-0.39, 0.29) is 5.41 Å². The zero-order chi connectivity index (χ0) is 18.8. The molecule has 2 heteroatoms. The third-order valence-corrected chi connectivity index (χ3v) is 5.94. The third-order valence-electron chi connectivity index (χ3n) is 5.47. The number of benzene rings is 4. The lowest BCUT2D eigenvalue weighted by molar-refractivity contribution is 0.591. The average molecular weight is 414 g/mol. The molecule has 0 bridgehead atoms. The summed E-state index contributed by atoms with van der Waals surface area (Å²) in [6.07, 6.45) is 1.86. The fourth-order valence-corrected chi connectivity index (χ4v) is 4.25. The van der Waals surface area contributed by atoms with E-state index in [0.29, 0.717) is 0 Å². The van der Waals surface area contributed by atoms with Gasteiger partial charge in [-0.15, -0.1) is 0 Å². The maximum atomic E-state index is 4.63. The van der Waals surface area contributed by atoms with E-state index in [1.807, 2.05) is 6.20 Å². The number of halogens is 1. The van der Waals surface area contributed by atoms with Crippen molar-refractivity contribution in [2.75, 3.05) is 0 Å². The monoisotopic (exact) mass is 413 g/mol. The Labute approximate surface area is 167 Å². The number of hydrogen-bond donors (Lipinski definition) is 0. The van der Waals surface area contributed by atoms with Gasteiger partial charge in [0.15, 0.2) is 0 Å². The second-order valence-corrected chi connectivity index (χ2v) is 9.21. The Kier molecular flexibility index (Phi) is 3.57. The number of hydrogen-bond acceptors (Lipinski definition) is 1. The minimum atomic E-state index is 0.136. The van der Waals surface area contributed by atoms with Crippen molar-refractivity contribution in [3.05, 3.63) is 76.9 Å². The molecule has 0 unspecified atom stereocenters. The predicted molar refractivity (Wildman–Crippen MR) is 120 cm³/mol. The van der Waals surface area contributed by atoms with Gasteiger partial charge in [0, 0.05) is 16.2 Å². The summed E-state index contributed by atoms with van der Waals surface area (Å²) in [5, 5.41) is 7.88. The zero-order valence-corrected chi connectivity index (χ0v) is 17.3. The van der Waals surface area contributed by atoms with E-state index in [9.17, 15) is 0 Å². The van der Waals surface area contributed by atoms with Crippen molar-refractivity contribution in [3.8, 4) is 11.3 Å². The van der Waals surface area contributed by atoms with E-state index in [4.69, 9.17) is 0 Å². The molecule has 4 aromatic carbocycles. The quantitative estimate of drug-likeness (QED) is 0.256. The van der Waals surface area contributed by atoms with Crippen molar-refractivity contribution in [3.63, 3.8) is 0 Å². The smallest absolute Gasteiger partial charge is 0.0709 e. The Balaban J connectivity index is 1.89. The highest BCUT2D eigenvalue weighted by atomic mass is 79.9. The SMILES string of the molecule is CC(C)(C)c1cc2ccc3ccc(-c4ccc(Br)cn4)c4ccc(c1)c2c34. The first-order valence-corrected chi connectivity index (χ1v) is 10.0. The van der Waals surface area contributed by atoms with E-state index in [1.54, 1.807) is 0 Å². The highest BCUT2D eigenvalue weighted by molar-refractivity contribution is 9.10. The second kappa shape index (κ2) is 5.77. The minimum Gasteiger partial charge on any atom is -0.255 e. The number of nitrogens with zero attached hydrogens (tertiary/aromatic N) is 1. The molecule has 1 nitrogen and oxygen atoms in total. The van der Waals surface area contributed by atoms with E-state index in [1.165, 1.54) is 43.4 Å². The first-order chi connectivity index (χ1) is 12.9. The molecule has 1 aromatic heterocycles. The summed E-state index contributed by atoms with van der Waals surface area (Å²) in [5.74, 6) is 0. The highest BCUT2D eigenvalue weighted by Crippen LogP contribution is 2.40. The molecule has 5 aromatic rings. The van der Waals surface area contributed by atoms with Crippen molar-refractivity contribution < 1.29 is 0 Å². The van der Waals surface area contributed by atoms with E-state index in [0.717, 1.165) is 10.2 Å². The molecule has 0 atom stereocenters. The summed E-state index contributed by atoms with van der Waals surface area (Å²) < 4.78 is 0.999.